The highest BCUT2D eigenvalue weighted by Crippen LogP contribution is 2.21. The lowest BCUT2D eigenvalue weighted by Crippen LogP contribution is -2.01. The van der Waals surface area contributed by atoms with Crippen LogP contribution in [0.1, 0.15) is 5.82 Å². The van der Waals surface area contributed by atoms with Gasteiger partial charge in [-0.05, 0) is 19.1 Å². The van der Waals surface area contributed by atoms with Crippen LogP contribution in [-0.2, 0) is 0 Å². The van der Waals surface area contributed by atoms with E-state index in [1.54, 1.807) is 24.0 Å². The van der Waals surface area contributed by atoms with Gasteiger partial charge in [0, 0.05) is 6.20 Å². The lowest BCUT2D eigenvalue weighted by Gasteiger charge is -2.01. The first kappa shape index (κ1) is 10.2. The molecule has 0 aliphatic carbocycles. The molecule has 0 radical (unpaired) electrons. The molecule has 0 unspecified atom stereocenters. The van der Waals surface area contributed by atoms with E-state index in [0.717, 1.165) is 5.39 Å². The van der Waals surface area contributed by atoms with Crippen LogP contribution in [-0.4, -0.2) is 24.7 Å². The highest BCUT2D eigenvalue weighted by Gasteiger charge is 2.11. The summed E-state index contributed by atoms with van der Waals surface area (Å²) in [6.07, 6.45) is 3.35. The van der Waals surface area contributed by atoms with E-state index in [0.29, 0.717) is 22.4 Å². The zero-order valence-corrected chi connectivity index (χ0v) is 9.76. The summed E-state index contributed by atoms with van der Waals surface area (Å²) >= 11 is 6.04. The van der Waals surface area contributed by atoms with Gasteiger partial charge in [0.2, 0.25) is 0 Å². The molecule has 0 spiro atoms. The quantitative estimate of drug-likeness (QED) is 0.617. The molecule has 0 saturated heterocycles. The van der Waals surface area contributed by atoms with Crippen LogP contribution in [0.15, 0.2) is 30.6 Å². The topological polar surface area (TPSA) is 56.5 Å². The second kappa shape index (κ2) is 3.78. The van der Waals surface area contributed by atoms with Gasteiger partial charge in [0.25, 0.3) is 0 Å². The molecular weight excluding hydrogens is 238 g/mol. The van der Waals surface area contributed by atoms with E-state index < -0.39 is 0 Å². The van der Waals surface area contributed by atoms with Gasteiger partial charge in [-0.1, -0.05) is 17.7 Å². The van der Waals surface area contributed by atoms with Gasteiger partial charge in [-0.25, -0.2) is 15.0 Å². The maximum absolute atomic E-state index is 6.04. The number of aryl methyl sites for hydroxylation is 1. The normalized spacial score (nSPS) is 10.9. The maximum Gasteiger partial charge on any atom is 0.169 e. The summed E-state index contributed by atoms with van der Waals surface area (Å²) < 4.78 is 1.65. The first-order valence-corrected chi connectivity index (χ1v) is 5.43. The van der Waals surface area contributed by atoms with E-state index in [-0.39, 0.29) is 0 Å². The number of hydrogen-bond acceptors (Lipinski definition) is 4. The van der Waals surface area contributed by atoms with Crippen molar-refractivity contribution >= 4 is 22.6 Å². The van der Waals surface area contributed by atoms with Gasteiger partial charge < -0.3 is 0 Å². The first-order chi connectivity index (χ1) is 8.25. The van der Waals surface area contributed by atoms with E-state index in [9.17, 15) is 0 Å². The molecular formula is C11H8ClN5. The van der Waals surface area contributed by atoms with E-state index in [1.165, 1.54) is 0 Å². The molecule has 0 bridgehead atoms. The fourth-order valence-electron chi connectivity index (χ4n) is 1.62. The highest BCUT2D eigenvalue weighted by atomic mass is 35.5. The Kier molecular flexibility index (Phi) is 2.26. The zero-order valence-electron chi connectivity index (χ0n) is 9.00. The molecule has 5 nitrogen and oxygen atoms in total. The predicted molar refractivity (Wildman–Crippen MR) is 64.2 cm³/mol. The molecule has 0 aromatic carbocycles. The average Bonchev–Trinajstić information content (AvgIpc) is 2.74. The molecule has 3 rings (SSSR count). The number of fused-ring (bicyclic) bond motifs is 1. The van der Waals surface area contributed by atoms with Crippen molar-refractivity contribution in [2.45, 2.75) is 6.92 Å². The van der Waals surface area contributed by atoms with Gasteiger partial charge in [-0.15, -0.1) is 0 Å². The molecule has 3 heterocycles. The minimum absolute atomic E-state index is 0.412. The molecule has 0 fully saturated rings. The van der Waals surface area contributed by atoms with Gasteiger partial charge in [0.15, 0.2) is 11.5 Å². The van der Waals surface area contributed by atoms with E-state index in [4.69, 9.17) is 11.6 Å². The summed E-state index contributed by atoms with van der Waals surface area (Å²) in [6, 6.07) is 5.60. The van der Waals surface area contributed by atoms with Crippen molar-refractivity contribution in [3.05, 3.63) is 41.6 Å². The Bertz CT molecular complexity index is 677. The molecule has 17 heavy (non-hydrogen) atoms. The van der Waals surface area contributed by atoms with Crippen molar-refractivity contribution in [3.8, 4) is 5.82 Å². The van der Waals surface area contributed by atoms with Gasteiger partial charge >= 0.3 is 0 Å². The Balaban J connectivity index is 2.32. The third kappa shape index (κ3) is 1.64. The first-order valence-electron chi connectivity index (χ1n) is 5.05. The Hall–Kier alpha value is -2.01. The lowest BCUT2D eigenvalue weighted by molar-refractivity contribution is 0.858. The van der Waals surface area contributed by atoms with Crippen LogP contribution >= 0.6 is 11.6 Å². The summed E-state index contributed by atoms with van der Waals surface area (Å²) in [5.74, 6) is 1.32. The van der Waals surface area contributed by atoms with Crippen molar-refractivity contribution in [1.29, 1.82) is 0 Å². The molecule has 84 valence electrons. The Labute approximate surface area is 102 Å². The molecule has 0 aliphatic rings. The minimum Gasteiger partial charge on any atom is -0.237 e. The standard InChI is InChI=1S/C11H8ClN5/c1-7-15-10(12)8-6-14-17(11(8)16-7)9-4-2-3-5-13-9/h2-6H,1H3. The summed E-state index contributed by atoms with van der Waals surface area (Å²) in [4.78, 5) is 12.7. The van der Waals surface area contributed by atoms with Crippen molar-refractivity contribution in [1.82, 2.24) is 24.7 Å². The van der Waals surface area contributed by atoms with Crippen LogP contribution in [0.2, 0.25) is 5.15 Å². The fraction of sp³-hybridized carbons (Fsp3) is 0.0909. The highest BCUT2D eigenvalue weighted by molar-refractivity contribution is 6.33. The number of hydrogen-bond donors (Lipinski definition) is 0. The van der Waals surface area contributed by atoms with Gasteiger partial charge in [-0.2, -0.15) is 9.78 Å². The molecule has 3 aromatic rings. The minimum atomic E-state index is 0.412. The van der Waals surface area contributed by atoms with Crippen LogP contribution in [0, 0.1) is 6.92 Å². The van der Waals surface area contributed by atoms with E-state index in [2.05, 4.69) is 20.1 Å². The summed E-state index contributed by atoms with van der Waals surface area (Å²) in [5.41, 5.74) is 0.668. The Morgan fingerprint density at radius 1 is 1.24 bits per heavy atom. The van der Waals surface area contributed by atoms with Crippen LogP contribution in [0.3, 0.4) is 0 Å². The third-order valence-electron chi connectivity index (χ3n) is 2.36. The van der Waals surface area contributed by atoms with Crippen molar-refractivity contribution in [3.63, 3.8) is 0 Å². The van der Waals surface area contributed by atoms with Crippen LogP contribution in [0.5, 0.6) is 0 Å². The number of rotatable bonds is 1. The average molecular weight is 246 g/mol. The van der Waals surface area contributed by atoms with Crippen molar-refractivity contribution in [2.75, 3.05) is 0 Å². The Morgan fingerprint density at radius 3 is 2.88 bits per heavy atom. The van der Waals surface area contributed by atoms with Crippen LogP contribution in [0.25, 0.3) is 16.9 Å². The maximum atomic E-state index is 6.04. The Morgan fingerprint density at radius 2 is 2.12 bits per heavy atom. The largest absolute Gasteiger partial charge is 0.237 e. The summed E-state index contributed by atoms with van der Waals surface area (Å²) in [5, 5.41) is 5.37. The number of pyridine rings is 1. The van der Waals surface area contributed by atoms with Gasteiger partial charge in [0.1, 0.15) is 11.0 Å². The van der Waals surface area contributed by atoms with E-state index >= 15 is 0 Å². The van der Waals surface area contributed by atoms with Crippen LogP contribution < -0.4 is 0 Å². The third-order valence-corrected chi connectivity index (χ3v) is 2.65. The molecule has 3 aromatic heterocycles. The van der Waals surface area contributed by atoms with Crippen molar-refractivity contribution < 1.29 is 0 Å². The zero-order chi connectivity index (χ0) is 11.8. The number of halogens is 1. The second-order valence-corrected chi connectivity index (χ2v) is 3.90. The molecule has 0 amide bonds. The molecule has 0 aliphatic heterocycles. The fourth-order valence-corrected chi connectivity index (χ4v) is 1.88. The molecule has 0 N–H and O–H groups in total. The summed E-state index contributed by atoms with van der Waals surface area (Å²) in [7, 11) is 0. The van der Waals surface area contributed by atoms with Crippen LogP contribution in [0.4, 0.5) is 0 Å². The molecule has 6 heteroatoms. The molecule has 0 atom stereocenters. The monoisotopic (exact) mass is 245 g/mol. The van der Waals surface area contributed by atoms with Gasteiger partial charge in [0.05, 0.1) is 11.6 Å². The van der Waals surface area contributed by atoms with Gasteiger partial charge in [-0.3, -0.25) is 0 Å². The summed E-state index contributed by atoms with van der Waals surface area (Å²) in [6.45, 7) is 1.79. The SMILES string of the molecule is Cc1nc(Cl)c2cnn(-c3ccccn3)c2n1. The predicted octanol–water partition coefficient (Wildman–Crippen LogP) is 2.17. The van der Waals surface area contributed by atoms with Crippen molar-refractivity contribution in [2.24, 2.45) is 0 Å². The molecule has 0 saturated carbocycles. The smallest absolute Gasteiger partial charge is 0.169 e. The van der Waals surface area contributed by atoms with E-state index in [1.807, 2.05) is 18.2 Å². The second-order valence-electron chi connectivity index (χ2n) is 3.54. The number of aromatic nitrogens is 5. The number of nitrogens with zero attached hydrogens (tertiary/aromatic N) is 5. The lowest BCUT2D eigenvalue weighted by atomic mass is 10.4.